The maximum absolute atomic E-state index is 5.94. The first kappa shape index (κ1) is 10.2. The predicted molar refractivity (Wildman–Crippen MR) is 64.2 cm³/mol. The van der Waals surface area contributed by atoms with Gasteiger partial charge in [0.15, 0.2) is 0 Å². The van der Waals surface area contributed by atoms with Crippen LogP contribution in [0.3, 0.4) is 0 Å². The van der Waals surface area contributed by atoms with Gasteiger partial charge in [0.1, 0.15) is 0 Å². The van der Waals surface area contributed by atoms with E-state index in [1.165, 1.54) is 0 Å². The second-order valence-electron chi connectivity index (χ2n) is 3.28. The Hall–Kier alpha value is -1.32. The topological polar surface area (TPSA) is 50.9 Å². The van der Waals surface area contributed by atoms with Crippen LogP contribution in [-0.4, -0.2) is 12.0 Å². The highest BCUT2D eigenvalue weighted by molar-refractivity contribution is 6.31. The molecule has 4 heteroatoms. The normalized spacial score (nSPS) is 10.6. The second-order valence-corrected chi connectivity index (χ2v) is 3.71. The van der Waals surface area contributed by atoms with Gasteiger partial charge >= 0.3 is 0 Å². The predicted octanol–water partition coefficient (Wildman–Crippen LogP) is 2.39. The summed E-state index contributed by atoms with van der Waals surface area (Å²) in [7, 11) is 1.87. The Labute approximate surface area is 93.3 Å². The third-order valence-corrected chi connectivity index (χ3v) is 2.54. The molecule has 0 spiro atoms. The number of hydrogen-bond donors (Lipinski definition) is 2. The van der Waals surface area contributed by atoms with Gasteiger partial charge in [-0.1, -0.05) is 11.6 Å². The molecule has 0 bridgehead atoms. The van der Waals surface area contributed by atoms with Gasteiger partial charge in [0.25, 0.3) is 0 Å². The lowest BCUT2D eigenvalue weighted by Crippen LogP contribution is -2.01. The molecule has 0 fully saturated rings. The van der Waals surface area contributed by atoms with Crippen LogP contribution in [-0.2, 0) is 6.54 Å². The van der Waals surface area contributed by atoms with Crippen LogP contribution in [0.4, 0.5) is 5.69 Å². The van der Waals surface area contributed by atoms with Crippen molar-refractivity contribution in [3.8, 4) is 0 Å². The van der Waals surface area contributed by atoms with Crippen LogP contribution in [0, 0.1) is 0 Å². The minimum Gasteiger partial charge on any atom is -0.388 e. The summed E-state index contributed by atoms with van der Waals surface area (Å²) in [6, 6.07) is 7.57. The summed E-state index contributed by atoms with van der Waals surface area (Å²) >= 11 is 5.94. The van der Waals surface area contributed by atoms with Gasteiger partial charge in [0, 0.05) is 29.7 Å². The summed E-state index contributed by atoms with van der Waals surface area (Å²) in [4.78, 5) is 4.42. The lowest BCUT2D eigenvalue weighted by molar-refractivity contribution is 1.01. The Morgan fingerprint density at radius 3 is 2.87 bits per heavy atom. The number of aromatic nitrogens is 1. The molecule has 1 aromatic carbocycles. The number of nitrogens with one attached hydrogen (secondary N) is 1. The number of halogens is 1. The lowest BCUT2D eigenvalue weighted by atomic mass is 10.1. The summed E-state index contributed by atoms with van der Waals surface area (Å²) in [5.41, 5.74) is 8.36. The molecule has 2 rings (SSSR count). The van der Waals surface area contributed by atoms with Crippen molar-refractivity contribution in [2.45, 2.75) is 6.54 Å². The molecule has 1 aromatic heterocycles. The quantitative estimate of drug-likeness (QED) is 0.819. The first-order valence-corrected chi connectivity index (χ1v) is 5.09. The fourth-order valence-electron chi connectivity index (χ4n) is 1.56. The van der Waals surface area contributed by atoms with E-state index in [4.69, 9.17) is 17.3 Å². The average molecular weight is 222 g/mol. The van der Waals surface area contributed by atoms with Gasteiger partial charge in [-0.15, -0.1) is 0 Å². The van der Waals surface area contributed by atoms with Gasteiger partial charge in [0.05, 0.1) is 11.2 Å². The Morgan fingerprint density at radius 1 is 1.40 bits per heavy atom. The highest BCUT2D eigenvalue weighted by atomic mass is 35.5. The lowest BCUT2D eigenvalue weighted by Gasteiger charge is -2.08. The minimum absolute atomic E-state index is 0.438. The van der Waals surface area contributed by atoms with Crippen LogP contribution in [0.15, 0.2) is 24.3 Å². The second kappa shape index (κ2) is 4.04. The van der Waals surface area contributed by atoms with E-state index in [1.54, 1.807) is 0 Å². The molecule has 1 heterocycles. The molecule has 0 atom stereocenters. The maximum atomic E-state index is 5.94. The summed E-state index contributed by atoms with van der Waals surface area (Å²) in [5.74, 6) is 0. The number of anilines is 1. The van der Waals surface area contributed by atoms with Crippen LogP contribution in [0.2, 0.25) is 5.02 Å². The van der Waals surface area contributed by atoms with E-state index in [0.717, 1.165) is 22.3 Å². The number of nitrogens with zero attached hydrogens (tertiary/aromatic N) is 1. The zero-order valence-corrected chi connectivity index (χ0v) is 9.17. The van der Waals surface area contributed by atoms with E-state index in [9.17, 15) is 0 Å². The van der Waals surface area contributed by atoms with Gasteiger partial charge in [-0.25, -0.2) is 0 Å². The number of nitrogens with two attached hydrogens (primary N) is 1. The Morgan fingerprint density at radius 2 is 2.20 bits per heavy atom. The molecular weight excluding hydrogens is 210 g/mol. The number of rotatable bonds is 2. The Bertz CT molecular complexity index is 496. The minimum atomic E-state index is 0.438. The van der Waals surface area contributed by atoms with Gasteiger partial charge in [-0.05, 0) is 24.3 Å². The van der Waals surface area contributed by atoms with Gasteiger partial charge < -0.3 is 11.1 Å². The molecular formula is C11H12ClN3. The van der Waals surface area contributed by atoms with Crippen molar-refractivity contribution >= 4 is 28.2 Å². The SMILES string of the molecule is CNc1cc(CN)nc2ccc(Cl)cc12. The molecule has 2 aromatic rings. The first-order chi connectivity index (χ1) is 7.24. The fraction of sp³-hybridized carbons (Fsp3) is 0.182. The molecule has 0 amide bonds. The third kappa shape index (κ3) is 1.89. The summed E-state index contributed by atoms with van der Waals surface area (Å²) in [6.45, 7) is 0.438. The standard InChI is InChI=1S/C11H12ClN3/c1-14-11-5-8(6-13)15-10-3-2-7(12)4-9(10)11/h2-5H,6,13H2,1H3,(H,14,15). The fourth-order valence-corrected chi connectivity index (χ4v) is 1.74. The number of pyridine rings is 1. The highest BCUT2D eigenvalue weighted by Crippen LogP contribution is 2.25. The zero-order valence-electron chi connectivity index (χ0n) is 8.42. The van der Waals surface area contributed by atoms with Crippen molar-refractivity contribution in [3.05, 3.63) is 35.0 Å². The smallest absolute Gasteiger partial charge is 0.0727 e. The van der Waals surface area contributed by atoms with Crippen molar-refractivity contribution in [1.29, 1.82) is 0 Å². The third-order valence-electron chi connectivity index (χ3n) is 2.30. The molecule has 78 valence electrons. The van der Waals surface area contributed by atoms with Crippen molar-refractivity contribution < 1.29 is 0 Å². The van der Waals surface area contributed by atoms with E-state index in [1.807, 2.05) is 31.3 Å². The van der Waals surface area contributed by atoms with Crippen molar-refractivity contribution in [1.82, 2.24) is 4.98 Å². The highest BCUT2D eigenvalue weighted by Gasteiger charge is 2.04. The van der Waals surface area contributed by atoms with Gasteiger partial charge in [-0.2, -0.15) is 0 Å². The zero-order chi connectivity index (χ0) is 10.8. The van der Waals surface area contributed by atoms with E-state index >= 15 is 0 Å². The van der Waals surface area contributed by atoms with E-state index in [2.05, 4.69) is 10.3 Å². The largest absolute Gasteiger partial charge is 0.388 e. The van der Waals surface area contributed by atoms with Gasteiger partial charge in [0.2, 0.25) is 0 Å². The molecule has 0 aliphatic heterocycles. The molecule has 0 radical (unpaired) electrons. The average Bonchev–Trinajstić information content (AvgIpc) is 2.27. The molecule has 0 aliphatic rings. The molecule has 3 N–H and O–H groups in total. The molecule has 3 nitrogen and oxygen atoms in total. The van der Waals surface area contributed by atoms with Crippen molar-refractivity contribution in [3.63, 3.8) is 0 Å². The molecule has 0 saturated carbocycles. The summed E-state index contributed by atoms with van der Waals surface area (Å²) in [5, 5.41) is 4.84. The summed E-state index contributed by atoms with van der Waals surface area (Å²) < 4.78 is 0. The Kier molecular flexibility index (Phi) is 2.75. The number of hydrogen-bond acceptors (Lipinski definition) is 3. The van der Waals surface area contributed by atoms with Crippen LogP contribution in [0.1, 0.15) is 5.69 Å². The van der Waals surface area contributed by atoms with Gasteiger partial charge in [-0.3, -0.25) is 4.98 Å². The van der Waals surface area contributed by atoms with Crippen molar-refractivity contribution in [2.24, 2.45) is 5.73 Å². The monoisotopic (exact) mass is 221 g/mol. The molecule has 15 heavy (non-hydrogen) atoms. The van der Waals surface area contributed by atoms with Crippen LogP contribution in [0.25, 0.3) is 10.9 Å². The van der Waals surface area contributed by atoms with Crippen LogP contribution in [0.5, 0.6) is 0 Å². The molecule has 0 aliphatic carbocycles. The van der Waals surface area contributed by atoms with E-state index < -0.39 is 0 Å². The van der Waals surface area contributed by atoms with Crippen LogP contribution >= 0.6 is 11.6 Å². The van der Waals surface area contributed by atoms with E-state index in [-0.39, 0.29) is 0 Å². The van der Waals surface area contributed by atoms with Crippen molar-refractivity contribution in [2.75, 3.05) is 12.4 Å². The van der Waals surface area contributed by atoms with Crippen LogP contribution < -0.4 is 11.1 Å². The molecule has 0 saturated heterocycles. The Balaban J connectivity index is 2.75. The first-order valence-electron chi connectivity index (χ1n) is 4.71. The number of fused-ring (bicyclic) bond motifs is 1. The summed E-state index contributed by atoms with van der Waals surface area (Å²) in [6.07, 6.45) is 0. The molecule has 0 unspecified atom stereocenters. The number of benzene rings is 1. The maximum Gasteiger partial charge on any atom is 0.0727 e. The van der Waals surface area contributed by atoms with E-state index in [0.29, 0.717) is 11.6 Å².